The summed E-state index contributed by atoms with van der Waals surface area (Å²) in [5, 5.41) is 2.82. The summed E-state index contributed by atoms with van der Waals surface area (Å²) in [6, 6.07) is 10.6. The summed E-state index contributed by atoms with van der Waals surface area (Å²) in [7, 11) is -1.59. The molecule has 0 fully saturated rings. The molecule has 0 aliphatic rings. The van der Waals surface area contributed by atoms with Crippen LogP contribution in [0, 0.1) is 0 Å². The van der Waals surface area contributed by atoms with Gasteiger partial charge in [-0.05, 0) is 6.92 Å². The molecule has 22 heavy (non-hydrogen) atoms. The summed E-state index contributed by atoms with van der Waals surface area (Å²) < 4.78 is 10.4. The zero-order valence-electron chi connectivity index (χ0n) is 14.0. The predicted octanol–water partition coefficient (Wildman–Crippen LogP) is 3.57. The molecule has 0 heterocycles. The summed E-state index contributed by atoms with van der Waals surface area (Å²) in [5.41, 5.74) is 0. The molecule has 0 bridgehead atoms. The van der Waals surface area contributed by atoms with Gasteiger partial charge in [-0.25, -0.2) is 0 Å². The molecule has 0 aliphatic heterocycles. The van der Waals surface area contributed by atoms with Crippen molar-refractivity contribution < 1.29 is 14.3 Å². The van der Waals surface area contributed by atoms with Crippen molar-refractivity contribution in [2.24, 2.45) is 0 Å². The third-order valence-corrected chi connectivity index (χ3v) is 7.75. The van der Waals surface area contributed by atoms with Crippen molar-refractivity contribution in [1.82, 2.24) is 0 Å². The Hall–Kier alpha value is -1.65. The van der Waals surface area contributed by atoms with Crippen LogP contribution in [0.2, 0.25) is 13.1 Å². The van der Waals surface area contributed by atoms with E-state index in [1.807, 2.05) is 6.07 Å². The van der Waals surface area contributed by atoms with E-state index < -0.39 is 8.07 Å². The highest BCUT2D eigenvalue weighted by atomic mass is 28.3. The Labute approximate surface area is 134 Å². The van der Waals surface area contributed by atoms with Gasteiger partial charge >= 0.3 is 5.97 Å². The molecule has 0 N–H and O–H groups in total. The lowest BCUT2D eigenvalue weighted by atomic mass is 10.4. The standard InChI is InChI=1S/C18H26O3Si/c1-15(21-17(3)19)11-13-20-14-12-16(2)22(4,5)18-9-7-6-8-10-18/h6-10,12H,1,11,13-14H2,2-5H3/b16-12+. The van der Waals surface area contributed by atoms with Crippen LogP contribution >= 0.6 is 0 Å². The number of carbonyl (C=O) groups is 1. The quantitative estimate of drug-likeness (QED) is 0.318. The Bertz CT molecular complexity index is 533. The SMILES string of the molecule is C=C(CCOC/C=C(\C)[Si](C)(C)c1ccccc1)OC(C)=O. The van der Waals surface area contributed by atoms with Gasteiger partial charge in [0.2, 0.25) is 0 Å². The summed E-state index contributed by atoms with van der Waals surface area (Å²) >= 11 is 0. The number of allylic oxidation sites excluding steroid dienone is 1. The molecule has 1 rings (SSSR count). The van der Waals surface area contributed by atoms with E-state index in [1.165, 1.54) is 17.3 Å². The fourth-order valence-electron chi connectivity index (χ4n) is 2.05. The lowest BCUT2D eigenvalue weighted by molar-refractivity contribution is -0.137. The third-order valence-electron chi connectivity index (χ3n) is 3.80. The molecule has 0 saturated heterocycles. The maximum Gasteiger partial charge on any atom is 0.307 e. The minimum absolute atomic E-state index is 0.337. The van der Waals surface area contributed by atoms with Gasteiger partial charge in [-0.2, -0.15) is 0 Å². The van der Waals surface area contributed by atoms with Gasteiger partial charge in [-0.1, -0.05) is 66.5 Å². The Balaban J connectivity index is 2.43. The summed E-state index contributed by atoms with van der Waals surface area (Å²) in [6.45, 7) is 13.0. The Morgan fingerprint density at radius 3 is 2.45 bits per heavy atom. The second-order valence-electron chi connectivity index (χ2n) is 5.84. The van der Waals surface area contributed by atoms with Crippen molar-refractivity contribution in [1.29, 1.82) is 0 Å². The molecule has 0 aromatic heterocycles. The van der Waals surface area contributed by atoms with Crippen molar-refractivity contribution in [3.05, 3.63) is 53.9 Å². The number of hydrogen-bond donors (Lipinski definition) is 0. The van der Waals surface area contributed by atoms with Crippen molar-refractivity contribution >= 4 is 19.2 Å². The normalized spacial score (nSPS) is 12.1. The van der Waals surface area contributed by atoms with E-state index in [4.69, 9.17) is 9.47 Å². The lowest BCUT2D eigenvalue weighted by Gasteiger charge is -2.24. The molecule has 0 unspecified atom stereocenters. The molecule has 3 nitrogen and oxygen atoms in total. The van der Waals surface area contributed by atoms with E-state index in [-0.39, 0.29) is 5.97 Å². The zero-order chi connectivity index (χ0) is 16.6. The Morgan fingerprint density at radius 1 is 1.23 bits per heavy atom. The number of rotatable bonds is 8. The van der Waals surface area contributed by atoms with Crippen LogP contribution in [-0.4, -0.2) is 27.3 Å². The van der Waals surface area contributed by atoms with Crippen molar-refractivity contribution in [3.63, 3.8) is 0 Å². The third kappa shape index (κ3) is 5.99. The topological polar surface area (TPSA) is 35.5 Å². The van der Waals surface area contributed by atoms with Crippen LogP contribution in [-0.2, 0) is 14.3 Å². The molecule has 120 valence electrons. The fraction of sp³-hybridized carbons (Fsp3) is 0.389. The summed E-state index contributed by atoms with van der Waals surface area (Å²) in [5.74, 6) is 0.114. The van der Waals surface area contributed by atoms with Crippen LogP contribution < -0.4 is 5.19 Å². The molecule has 1 aromatic rings. The molecule has 1 aromatic carbocycles. The zero-order valence-corrected chi connectivity index (χ0v) is 15.0. The first kappa shape index (κ1) is 18.4. The fourth-order valence-corrected chi connectivity index (χ4v) is 4.12. The first-order valence-corrected chi connectivity index (χ1v) is 10.5. The van der Waals surface area contributed by atoms with Gasteiger partial charge in [-0.3, -0.25) is 4.79 Å². The number of hydrogen-bond acceptors (Lipinski definition) is 3. The first-order chi connectivity index (χ1) is 10.3. The molecular formula is C18H26O3Si. The van der Waals surface area contributed by atoms with Gasteiger partial charge < -0.3 is 9.47 Å². The van der Waals surface area contributed by atoms with Crippen molar-refractivity contribution in [3.8, 4) is 0 Å². The number of ether oxygens (including phenoxy) is 2. The molecule has 0 radical (unpaired) electrons. The molecule has 0 saturated carbocycles. The van der Waals surface area contributed by atoms with Crippen molar-refractivity contribution in [2.75, 3.05) is 13.2 Å². The van der Waals surface area contributed by atoms with E-state index in [0.29, 0.717) is 25.4 Å². The van der Waals surface area contributed by atoms with E-state index in [0.717, 1.165) is 0 Å². The molecule has 0 aliphatic carbocycles. The van der Waals surface area contributed by atoms with E-state index in [2.05, 4.69) is 56.9 Å². The monoisotopic (exact) mass is 318 g/mol. The van der Waals surface area contributed by atoms with Crippen molar-refractivity contribution in [2.45, 2.75) is 33.4 Å². The van der Waals surface area contributed by atoms with Crippen LogP contribution in [0.3, 0.4) is 0 Å². The van der Waals surface area contributed by atoms with Gasteiger partial charge in [0.25, 0.3) is 0 Å². The minimum atomic E-state index is -1.59. The second-order valence-corrected chi connectivity index (χ2v) is 10.5. The molecule has 0 atom stereocenters. The predicted molar refractivity (Wildman–Crippen MR) is 93.7 cm³/mol. The maximum atomic E-state index is 10.7. The van der Waals surface area contributed by atoms with Gasteiger partial charge in [0.05, 0.1) is 13.2 Å². The maximum absolute atomic E-state index is 10.7. The molecule has 0 amide bonds. The highest BCUT2D eigenvalue weighted by Gasteiger charge is 2.24. The van der Waals surface area contributed by atoms with Crippen LogP contribution in [0.15, 0.2) is 53.9 Å². The lowest BCUT2D eigenvalue weighted by Crippen LogP contribution is -2.43. The highest BCUT2D eigenvalue weighted by Crippen LogP contribution is 2.14. The van der Waals surface area contributed by atoms with E-state index in [9.17, 15) is 4.79 Å². The smallest absolute Gasteiger partial charge is 0.307 e. The molecule has 4 heteroatoms. The molecule has 0 spiro atoms. The average molecular weight is 318 g/mol. The number of carbonyl (C=O) groups excluding carboxylic acids is 1. The number of benzene rings is 1. The summed E-state index contributed by atoms with van der Waals surface area (Å²) in [6.07, 6.45) is 2.69. The van der Waals surface area contributed by atoms with E-state index in [1.54, 1.807) is 0 Å². The second kappa shape index (κ2) is 8.71. The molecular weight excluding hydrogens is 292 g/mol. The van der Waals surface area contributed by atoms with Gasteiger partial charge in [-0.15, -0.1) is 0 Å². The first-order valence-electron chi connectivity index (χ1n) is 7.50. The van der Waals surface area contributed by atoms with Crippen LogP contribution in [0.25, 0.3) is 0 Å². The van der Waals surface area contributed by atoms with Crippen LogP contribution in [0.1, 0.15) is 20.3 Å². The Kier molecular flexibility index (Phi) is 7.28. The Morgan fingerprint density at radius 2 is 1.86 bits per heavy atom. The largest absolute Gasteiger partial charge is 0.432 e. The average Bonchev–Trinajstić information content (AvgIpc) is 2.46. The summed E-state index contributed by atoms with van der Waals surface area (Å²) in [4.78, 5) is 10.7. The van der Waals surface area contributed by atoms with Crippen LogP contribution in [0.5, 0.6) is 0 Å². The van der Waals surface area contributed by atoms with Gasteiger partial charge in [0, 0.05) is 13.3 Å². The van der Waals surface area contributed by atoms with Gasteiger partial charge in [0.1, 0.15) is 13.8 Å². The minimum Gasteiger partial charge on any atom is -0.432 e. The van der Waals surface area contributed by atoms with Gasteiger partial charge in [0.15, 0.2) is 0 Å². The van der Waals surface area contributed by atoms with Crippen LogP contribution in [0.4, 0.5) is 0 Å². The van der Waals surface area contributed by atoms with E-state index >= 15 is 0 Å². The number of esters is 1. The highest BCUT2D eigenvalue weighted by molar-refractivity contribution is 6.95.